The van der Waals surface area contributed by atoms with Crippen LogP contribution in [0.15, 0.2) is 0 Å². The normalized spacial score (nSPS) is 21.8. The van der Waals surface area contributed by atoms with Crippen LogP contribution in [0.2, 0.25) is 0 Å². The Kier molecular flexibility index (Phi) is 2.27. The van der Waals surface area contributed by atoms with Crippen molar-refractivity contribution < 1.29 is 9.59 Å². The molecule has 66 valence electrons. The molecule has 1 atom stereocenters. The highest BCUT2D eigenvalue weighted by Crippen LogP contribution is 2.01. The molecule has 1 aliphatic heterocycles. The maximum absolute atomic E-state index is 10.9. The molecule has 0 spiro atoms. The summed E-state index contributed by atoms with van der Waals surface area (Å²) in [5.74, 6) is -0.329. The summed E-state index contributed by atoms with van der Waals surface area (Å²) < 4.78 is 0. The molecule has 3 amide bonds. The van der Waals surface area contributed by atoms with Gasteiger partial charge in [-0.25, -0.2) is 4.79 Å². The molecule has 1 rings (SSSR count). The van der Waals surface area contributed by atoms with E-state index in [4.69, 9.17) is 11.1 Å². The zero-order chi connectivity index (χ0) is 9.14. The minimum absolute atomic E-state index is 0.0175. The van der Waals surface area contributed by atoms with E-state index in [1.54, 1.807) is 0 Å². The van der Waals surface area contributed by atoms with Crippen molar-refractivity contribution in [1.82, 2.24) is 10.6 Å². The Bertz CT molecular complexity index is 238. The Balaban J connectivity index is 2.38. The van der Waals surface area contributed by atoms with Crippen molar-refractivity contribution in [2.45, 2.75) is 18.9 Å². The van der Waals surface area contributed by atoms with Crippen LogP contribution in [0.1, 0.15) is 12.8 Å². The van der Waals surface area contributed by atoms with Crippen LogP contribution in [0.3, 0.4) is 0 Å². The van der Waals surface area contributed by atoms with E-state index in [2.05, 4.69) is 10.6 Å². The molecule has 1 heterocycles. The lowest BCUT2D eigenvalue weighted by Crippen LogP contribution is -2.30. The van der Waals surface area contributed by atoms with Crippen LogP contribution in [0.4, 0.5) is 4.79 Å². The molecule has 0 aromatic heterocycles. The number of carbonyl (C=O) groups excluding carboxylic acids is 2. The van der Waals surface area contributed by atoms with Crippen LogP contribution in [-0.2, 0) is 4.79 Å². The van der Waals surface area contributed by atoms with Crippen molar-refractivity contribution in [2.24, 2.45) is 5.73 Å². The van der Waals surface area contributed by atoms with Gasteiger partial charge in [-0.05, 0) is 6.42 Å². The molecule has 6 nitrogen and oxygen atoms in total. The highest BCUT2D eigenvalue weighted by atomic mass is 16.2. The predicted molar refractivity (Wildman–Crippen MR) is 41.6 cm³/mol. The highest BCUT2D eigenvalue weighted by molar-refractivity contribution is 6.04. The van der Waals surface area contributed by atoms with Crippen LogP contribution in [-0.4, -0.2) is 23.8 Å². The second-order valence-electron chi connectivity index (χ2n) is 2.58. The van der Waals surface area contributed by atoms with Crippen molar-refractivity contribution in [3.63, 3.8) is 0 Å². The van der Waals surface area contributed by atoms with Crippen molar-refractivity contribution >= 4 is 17.8 Å². The Labute approximate surface area is 69.0 Å². The summed E-state index contributed by atoms with van der Waals surface area (Å²) in [6.07, 6.45) is 0.700. The molecule has 1 aliphatic rings. The van der Waals surface area contributed by atoms with Crippen LogP contribution in [0.25, 0.3) is 0 Å². The zero-order valence-corrected chi connectivity index (χ0v) is 6.39. The fraction of sp³-hybridized carbons (Fsp3) is 0.500. The van der Waals surface area contributed by atoms with E-state index >= 15 is 0 Å². The smallest absolute Gasteiger partial charge is 0.322 e. The lowest BCUT2D eigenvalue weighted by molar-refractivity contribution is -0.120. The van der Waals surface area contributed by atoms with Gasteiger partial charge in [0.2, 0.25) is 0 Å². The second kappa shape index (κ2) is 3.21. The van der Waals surface area contributed by atoms with Gasteiger partial charge in [0.25, 0.3) is 5.91 Å². The average molecular weight is 170 g/mol. The van der Waals surface area contributed by atoms with Gasteiger partial charge in [0.15, 0.2) is 0 Å². The van der Waals surface area contributed by atoms with Crippen LogP contribution in [0, 0.1) is 5.41 Å². The highest BCUT2D eigenvalue weighted by Gasteiger charge is 2.28. The van der Waals surface area contributed by atoms with Crippen LogP contribution in [0.5, 0.6) is 0 Å². The van der Waals surface area contributed by atoms with Crippen molar-refractivity contribution in [1.29, 1.82) is 5.41 Å². The van der Waals surface area contributed by atoms with E-state index in [1.165, 1.54) is 0 Å². The van der Waals surface area contributed by atoms with Gasteiger partial charge in [-0.3, -0.25) is 15.5 Å². The standard InChI is InChI=1S/C6H10N4O2/c7-4(8)2-1-3-5(11)10-6(12)9-3/h3H,1-2H2,(H3,7,8)(H2,9,10,11,12). The summed E-state index contributed by atoms with van der Waals surface area (Å²) >= 11 is 0. The fourth-order valence-electron chi connectivity index (χ4n) is 0.962. The molecule has 1 unspecified atom stereocenters. The molecule has 6 heteroatoms. The average Bonchev–Trinajstić information content (AvgIpc) is 2.26. The van der Waals surface area contributed by atoms with Gasteiger partial charge in [-0.15, -0.1) is 0 Å². The van der Waals surface area contributed by atoms with E-state index in [9.17, 15) is 9.59 Å². The predicted octanol–water partition coefficient (Wildman–Crippen LogP) is -1.09. The van der Waals surface area contributed by atoms with E-state index < -0.39 is 12.1 Å². The van der Waals surface area contributed by atoms with E-state index in [0.717, 1.165) is 0 Å². The lowest BCUT2D eigenvalue weighted by Gasteiger charge is -2.04. The molecule has 0 aromatic carbocycles. The Morgan fingerprint density at radius 1 is 1.58 bits per heavy atom. The number of urea groups is 1. The molecule has 1 saturated heterocycles. The maximum atomic E-state index is 10.9. The van der Waals surface area contributed by atoms with Crippen LogP contribution >= 0.6 is 0 Å². The first-order valence-electron chi connectivity index (χ1n) is 3.54. The molecule has 0 aromatic rings. The largest absolute Gasteiger partial charge is 0.388 e. The Morgan fingerprint density at radius 2 is 2.25 bits per heavy atom. The van der Waals surface area contributed by atoms with Crippen LogP contribution < -0.4 is 16.4 Å². The van der Waals surface area contributed by atoms with Crippen molar-refractivity contribution in [3.8, 4) is 0 Å². The molecule has 5 N–H and O–H groups in total. The number of rotatable bonds is 3. The number of amides is 3. The Morgan fingerprint density at radius 3 is 2.67 bits per heavy atom. The summed E-state index contributed by atoms with van der Waals surface area (Å²) in [6.45, 7) is 0. The molecule has 0 radical (unpaired) electrons. The summed E-state index contributed by atoms with van der Waals surface area (Å²) in [5.41, 5.74) is 5.09. The summed E-state index contributed by atoms with van der Waals surface area (Å²) in [7, 11) is 0. The third kappa shape index (κ3) is 1.94. The Hall–Kier alpha value is -1.59. The minimum Gasteiger partial charge on any atom is -0.388 e. The van der Waals surface area contributed by atoms with Gasteiger partial charge in [-0.2, -0.15) is 0 Å². The summed E-state index contributed by atoms with van der Waals surface area (Å²) in [5, 5.41) is 11.4. The summed E-state index contributed by atoms with van der Waals surface area (Å²) in [4.78, 5) is 21.5. The molecular formula is C6H10N4O2. The molecular weight excluding hydrogens is 160 g/mol. The van der Waals surface area contributed by atoms with Gasteiger partial charge in [0.1, 0.15) is 6.04 Å². The third-order valence-corrected chi connectivity index (χ3v) is 1.56. The fourth-order valence-corrected chi connectivity index (χ4v) is 0.962. The first-order chi connectivity index (χ1) is 5.59. The van der Waals surface area contributed by atoms with E-state index in [-0.39, 0.29) is 11.7 Å². The third-order valence-electron chi connectivity index (χ3n) is 1.56. The number of amidine groups is 1. The lowest BCUT2D eigenvalue weighted by atomic mass is 10.1. The first-order valence-corrected chi connectivity index (χ1v) is 3.54. The SMILES string of the molecule is N=C(N)CCC1NC(=O)NC1=O. The molecule has 0 aliphatic carbocycles. The molecule has 0 bridgehead atoms. The summed E-state index contributed by atoms with van der Waals surface area (Å²) in [6, 6.07) is -1.00. The number of imide groups is 1. The number of nitrogens with one attached hydrogen (secondary N) is 3. The topological polar surface area (TPSA) is 108 Å². The van der Waals surface area contributed by atoms with Gasteiger partial charge < -0.3 is 11.1 Å². The number of hydrogen-bond acceptors (Lipinski definition) is 3. The van der Waals surface area contributed by atoms with Crippen molar-refractivity contribution in [2.75, 3.05) is 0 Å². The molecule has 0 saturated carbocycles. The van der Waals surface area contributed by atoms with Gasteiger partial charge in [0, 0.05) is 6.42 Å². The second-order valence-corrected chi connectivity index (χ2v) is 2.58. The monoisotopic (exact) mass is 170 g/mol. The minimum atomic E-state index is -0.526. The van der Waals surface area contributed by atoms with Gasteiger partial charge in [-0.1, -0.05) is 0 Å². The number of hydrogen-bond donors (Lipinski definition) is 4. The molecule has 1 fully saturated rings. The molecule has 12 heavy (non-hydrogen) atoms. The zero-order valence-electron chi connectivity index (χ0n) is 6.39. The van der Waals surface area contributed by atoms with E-state index in [1.807, 2.05) is 0 Å². The van der Waals surface area contributed by atoms with E-state index in [0.29, 0.717) is 12.8 Å². The number of carbonyl (C=O) groups is 2. The van der Waals surface area contributed by atoms with Gasteiger partial charge >= 0.3 is 6.03 Å². The quantitative estimate of drug-likeness (QED) is 0.245. The van der Waals surface area contributed by atoms with Gasteiger partial charge in [0.05, 0.1) is 5.84 Å². The first kappa shape index (κ1) is 8.51. The van der Waals surface area contributed by atoms with Crippen molar-refractivity contribution in [3.05, 3.63) is 0 Å². The maximum Gasteiger partial charge on any atom is 0.322 e. The number of nitrogens with two attached hydrogens (primary N) is 1.